The van der Waals surface area contributed by atoms with Gasteiger partial charge in [-0.15, -0.1) is 0 Å². The third-order valence-electron chi connectivity index (χ3n) is 2.69. The van der Waals surface area contributed by atoms with Crippen LogP contribution in [0.4, 0.5) is 0 Å². The average Bonchev–Trinajstić information content (AvgIpc) is 2.29. The van der Waals surface area contributed by atoms with Gasteiger partial charge in [0.15, 0.2) is 11.6 Å². The molecule has 0 aliphatic rings. The van der Waals surface area contributed by atoms with Crippen LogP contribution in [-0.4, -0.2) is 21.5 Å². The minimum absolute atomic E-state index is 0.00593. The van der Waals surface area contributed by atoms with E-state index in [1.54, 1.807) is 20.8 Å². The maximum absolute atomic E-state index is 12.0. The molecule has 1 aromatic heterocycles. The molecule has 4 heteroatoms. The minimum atomic E-state index is -0.0361. The average molecular weight is 248 g/mol. The third-order valence-corrected chi connectivity index (χ3v) is 2.69. The second kappa shape index (κ2) is 5.85. The standard InChI is InChI=1S/C14H20N2O2/c1-6-11(17)13-9(4)16-14(10(5)15-13)12(18)7-8(2)3/h8H,6-7H2,1-5H3. The molecule has 0 atom stereocenters. The van der Waals surface area contributed by atoms with Gasteiger partial charge in [-0.05, 0) is 19.8 Å². The first-order valence-electron chi connectivity index (χ1n) is 6.28. The van der Waals surface area contributed by atoms with Crippen molar-refractivity contribution in [1.29, 1.82) is 0 Å². The Balaban J connectivity index is 3.15. The summed E-state index contributed by atoms with van der Waals surface area (Å²) >= 11 is 0. The Morgan fingerprint density at radius 3 is 1.83 bits per heavy atom. The summed E-state index contributed by atoms with van der Waals surface area (Å²) < 4.78 is 0. The zero-order valence-electron chi connectivity index (χ0n) is 11.7. The van der Waals surface area contributed by atoms with Crippen molar-refractivity contribution in [2.75, 3.05) is 0 Å². The van der Waals surface area contributed by atoms with Crippen LogP contribution in [0.1, 0.15) is 66.0 Å². The predicted octanol–water partition coefficient (Wildman–Crippen LogP) is 2.91. The van der Waals surface area contributed by atoms with Gasteiger partial charge in [-0.25, -0.2) is 9.97 Å². The second-order valence-corrected chi connectivity index (χ2v) is 4.89. The summed E-state index contributed by atoms with van der Waals surface area (Å²) in [4.78, 5) is 32.2. The zero-order chi connectivity index (χ0) is 13.9. The van der Waals surface area contributed by atoms with Crippen LogP contribution < -0.4 is 0 Å². The fourth-order valence-electron chi connectivity index (χ4n) is 1.77. The first-order chi connectivity index (χ1) is 8.36. The molecule has 0 radical (unpaired) electrons. The maximum atomic E-state index is 12.0. The van der Waals surface area contributed by atoms with Gasteiger partial charge >= 0.3 is 0 Å². The molecular formula is C14H20N2O2. The van der Waals surface area contributed by atoms with Gasteiger partial charge < -0.3 is 0 Å². The molecular weight excluding hydrogens is 228 g/mol. The molecule has 0 amide bonds. The summed E-state index contributed by atoms with van der Waals surface area (Å²) in [5, 5.41) is 0. The second-order valence-electron chi connectivity index (χ2n) is 4.89. The molecule has 1 heterocycles. The highest BCUT2D eigenvalue weighted by Gasteiger charge is 2.18. The molecule has 0 N–H and O–H groups in total. The van der Waals surface area contributed by atoms with Gasteiger partial charge in [-0.2, -0.15) is 0 Å². The molecule has 0 aromatic carbocycles. The van der Waals surface area contributed by atoms with E-state index in [0.717, 1.165) is 0 Å². The Morgan fingerprint density at radius 1 is 1.00 bits per heavy atom. The number of aryl methyl sites for hydroxylation is 2. The Bertz CT molecular complexity index is 479. The fraction of sp³-hybridized carbons (Fsp3) is 0.571. The van der Waals surface area contributed by atoms with Crippen LogP contribution in [0.5, 0.6) is 0 Å². The van der Waals surface area contributed by atoms with E-state index in [1.165, 1.54) is 0 Å². The maximum Gasteiger partial charge on any atom is 0.183 e. The van der Waals surface area contributed by atoms with Gasteiger partial charge in [0.05, 0.1) is 11.4 Å². The zero-order valence-corrected chi connectivity index (χ0v) is 11.7. The molecule has 0 saturated heterocycles. The molecule has 0 aliphatic carbocycles. The Labute approximate surface area is 108 Å². The van der Waals surface area contributed by atoms with Gasteiger partial charge in [0.25, 0.3) is 0 Å². The molecule has 4 nitrogen and oxygen atoms in total. The summed E-state index contributed by atoms with van der Waals surface area (Å²) in [7, 11) is 0. The molecule has 18 heavy (non-hydrogen) atoms. The topological polar surface area (TPSA) is 59.9 Å². The number of rotatable bonds is 5. The molecule has 0 unspecified atom stereocenters. The van der Waals surface area contributed by atoms with Crippen LogP contribution in [0.25, 0.3) is 0 Å². The van der Waals surface area contributed by atoms with Gasteiger partial charge in [0.1, 0.15) is 11.4 Å². The lowest BCUT2D eigenvalue weighted by Gasteiger charge is -2.09. The number of hydrogen-bond donors (Lipinski definition) is 0. The molecule has 1 rings (SSSR count). The lowest BCUT2D eigenvalue weighted by molar-refractivity contribution is 0.0953. The van der Waals surface area contributed by atoms with Crippen molar-refractivity contribution in [3.63, 3.8) is 0 Å². The van der Waals surface area contributed by atoms with E-state index in [-0.39, 0.29) is 17.5 Å². The van der Waals surface area contributed by atoms with E-state index in [2.05, 4.69) is 9.97 Å². The van der Waals surface area contributed by atoms with Crippen LogP contribution in [0.2, 0.25) is 0 Å². The summed E-state index contributed by atoms with van der Waals surface area (Å²) in [6.07, 6.45) is 0.851. The Kier molecular flexibility index (Phi) is 4.70. The number of carbonyl (C=O) groups excluding carboxylic acids is 2. The predicted molar refractivity (Wildman–Crippen MR) is 69.9 cm³/mol. The number of ketones is 2. The largest absolute Gasteiger partial charge is 0.292 e. The van der Waals surface area contributed by atoms with Gasteiger partial charge in [0, 0.05) is 12.8 Å². The van der Waals surface area contributed by atoms with Crippen LogP contribution in [0.3, 0.4) is 0 Å². The first kappa shape index (κ1) is 14.5. The number of hydrogen-bond acceptors (Lipinski definition) is 4. The van der Waals surface area contributed by atoms with E-state index in [4.69, 9.17) is 0 Å². The van der Waals surface area contributed by atoms with Crippen LogP contribution in [0, 0.1) is 19.8 Å². The van der Waals surface area contributed by atoms with Crippen LogP contribution >= 0.6 is 0 Å². The van der Waals surface area contributed by atoms with Crippen molar-refractivity contribution in [3.8, 4) is 0 Å². The number of Topliss-reactive ketones (excluding diaryl/α,β-unsaturated/α-hetero) is 2. The van der Waals surface area contributed by atoms with Crippen molar-refractivity contribution in [2.24, 2.45) is 5.92 Å². The van der Waals surface area contributed by atoms with E-state index in [9.17, 15) is 9.59 Å². The molecule has 98 valence electrons. The van der Waals surface area contributed by atoms with Gasteiger partial charge in [-0.3, -0.25) is 9.59 Å². The highest BCUT2D eigenvalue weighted by molar-refractivity contribution is 5.98. The van der Waals surface area contributed by atoms with Crippen LogP contribution in [0.15, 0.2) is 0 Å². The number of carbonyl (C=O) groups is 2. The summed E-state index contributed by atoms with van der Waals surface area (Å²) in [6.45, 7) is 9.22. The van der Waals surface area contributed by atoms with E-state index >= 15 is 0 Å². The molecule has 0 saturated carbocycles. The Hall–Kier alpha value is -1.58. The van der Waals surface area contributed by atoms with Gasteiger partial charge in [0.2, 0.25) is 0 Å². The molecule has 0 spiro atoms. The summed E-state index contributed by atoms with van der Waals surface area (Å²) in [5.74, 6) is 0.246. The summed E-state index contributed by atoms with van der Waals surface area (Å²) in [5.41, 5.74) is 1.87. The molecule has 0 aliphatic heterocycles. The third kappa shape index (κ3) is 3.22. The Morgan fingerprint density at radius 2 is 1.44 bits per heavy atom. The van der Waals surface area contributed by atoms with Gasteiger partial charge in [-0.1, -0.05) is 20.8 Å². The van der Waals surface area contributed by atoms with Crippen molar-refractivity contribution < 1.29 is 9.59 Å². The van der Waals surface area contributed by atoms with E-state index in [1.807, 2.05) is 13.8 Å². The van der Waals surface area contributed by atoms with E-state index in [0.29, 0.717) is 35.6 Å². The SMILES string of the molecule is CCC(=O)c1nc(C)c(C(=O)CC(C)C)nc1C. The van der Waals surface area contributed by atoms with Crippen molar-refractivity contribution in [1.82, 2.24) is 9.97 Å². The van der Waals surface area contributed by atoms with Crippen molar-refractivity contribution >= 4 is 11.6 Å². The summed E-state index contributed by atoms with van der Waals surface area (Å²) in [6, 6.07) is 0. The lowest BCUT2D eigenvalue weighted by Crippen LogP contribution is -2.15. The molecule has 0 fully saturated rings. The first-order valence-corrected chi connectivity index (χ1v) is 6.28. The number of aromatic nitrogens is 2. The highest BCUT2D eigenvalue weighted by atomic mass is 16.1. The fourth-order valence-corrected chi connectivity index (χ4v) is 1.77. The highest BCUT2D eigenvalue weighted by Crippen LogP contribution is 2.14. The van der Waals surface area contributed by atoms with Crippen molar-refractivity contribution in [3.05, 3.63) is 22.8 Å². The normalized spacial score (nSPS) is 10.8. The quantitative estimate of drug-likeness (QED) is 0.752. The number of nitrogens with zero attached hydrogens (tertiary/aromatic N) is 2. The van der Waals surface area contributed by atoms with Crippen molar-refractivity contribution in [2.45, 2.75) is 47.5 Å². The lowest BCUT2D eigenvalue weighted by atomic mass is 10.0. The monoisotopic (exact) mass is 248 g/mol. The molecule has 0 bridgehead atoms. The molecule has 1 aromatic rings. The minimum Gasteiger partial charge on any atom is -0.292 e. The smallest absolute Gasteiger partial charge is 0.183 e. The van der Waals surface area contributed by atoms with E-state index < -0.39 is 0 Å². The van der Waals surface area contributed by atoms with Crippen LogP contribution in [-0.2, 0) is 0 Å².